The summed E-state index contributed by atoms with van der Waals surface area (Å²) < 4.78 is 13.0. The molecular weight excluding hydrogens is 388 g/mol. The van der Waals surface area contributed by atoms with E-state index in [4.69, 9.17) is 9.47 Å². The molecule has 0 heterocycles. The number of ether oxygens (including phenoxy) is 2. The highest BCUT2D eigenvalue weighted by atomic mass is 79.9. The van der Waals surface area contributed by atoms with Gasteiger partial charge in [-0.1, -0.05) is 22.9 Å². The van der Waals surface area contributed by atoms with Gasteiger partial charge in [-0.15, -0.1) is 0 Å². The van der Waals surface area contributed by atoms with Crippen LogP contribution in [-0.2, 0) is 9.53 Å². The predicted octanol–water partition coefficient (Wildman–Crippen LogP) is 5.02. The number of rotatable bonds is 4. The lowest BCUT2D eigenvalue weighted by Gasteiger charge is -2.24. The van der Waals surface area contributed by atoms with Gasteiger partial charge in [-0.3, -0.25) is 0 Å². The van der Waals surface area contributed by atoms with Gasteiger partial charge in [0.15, 0.2) is 6.10 Å². The Morgan fingerprint density at radius 1 is 1.25 bits per heavy atom. The Kier molecular flexibility index (Phi) is 6.07. The second-order valence-electron chi connectivity index (χ2n) is 5.58. The zero-order valence-electron chi connectivity index (χ0n) is 12.4. The Morgan fingerprint density at radius 3 is 2.35 bits per heavy atom. The molecule has 0 N–H and O–H groups in total. The van der Waals surface area contributed by atoms with Crippen molar-refractivity contribution in [2.45, 2.75) is 52.7 Å². The first kappa shape index (κ1) is 17.5. The minimum atomic E-state index is -0.605. The van der Waals surface area contributed by atoms with E-state index in [-0.39, 0.29) is 5.97 Å². The molecule has 0 saturated carbocycles. The third kappa shape index (κ3) is 5.09. The average Bonchev–Trinajstić information content (AvgIpc) is 2.29. The van der Waals surface area contributed by atoms with Gasteiger partial charge in [-0.2, -0.15) is 0 Å². The Labute approximate surface area is 137 Å². The Hall–Kier alpha value is -0.550. The number of carbonyl (C=O) groups excluding carboxylic acids is 1. The van der Waals surface area contributed by atoms with Gasteiger partial charge in [-0.05, 0) is 67.7 Å². The summed E-state index contributed by atoms with van der Waals surface area (Å²) in [6.45, 7) is 9.40. The van der Waals surface area contributed by atoms with Gasteiger partial charge in [-0.25, -0.2) is 4.79 Å². The lowest BCUT2D eigenvalue weighted by molar-refractivity contribution is -0.163. The van der Waals surface area contributed by atoms with Gasteiger partial charge < -0.3 is 9.47 Å². The molecule has 0 aromatic heterocycles. The molecule has 0 fully saturated rings. The molecule has 3 nitrogen and oxygen atoms in total. The molecular formula is C15H20Br2O3. The second kappa shape index (κ2) is 6.94. The standard InChI is InChI=1S/C15H20Br2O3/c1-6-12(14(18)20-15(3,4)5)19-13-7-9(2)10(16)8-11(13)17/h7-8,12H,6H2,1-5H3. The normalized spacial score (nSPS) is 12.9. The van der Waals surface area contributed by atoms with Crippen molar-refractivity contribution >= 4 is 37.8 Å². The zero-order valence-corrected chi connectivity index (χ0v) is 15.6. The molecule has 1 rings (SSSR count). The van der Waals surface area contributed by atoms with Crippen molar-refractivity contribution in [1.29, 1.82) is 0 Å². The van der Waals surface area contributed by atoms with Crippen molar-refractivity contribution in [2.24, 2.45) is 0 Å². The first-order chi connectivity index (χ1) is 9.14. The summed E-state index contributed by atoms with van der Waals surface area (Å²) in [7, 11) is 0. The molecule has 0 spiro atoms. The van der Waals surface area contributed by atoms with Crippen LogP contribution in [0.3, 0.4) is 0 Å². The van der Waals surface area contributed by atoms with Gasteiger partial charge >= 0.3 is 5.97 Å². The summed E-state index contributed by atoms with van der Waals surface area (Å²) >= 11 is 6.90. The van der Waals surface area contributed by atoms with Crippen molar-refractivity contribution in [3.8, 4) is 5.75 Å². The number of halogens is 2. The Balaban J connectivity index is 2.89. The topological polar surface area (TPSA) is 35.5 Å². The van der Waals surface area contributed by atoms with Crippen LogP contribution in [0, 0.1) is 6.92 Å². The quantitative estimate of drug-likeness (QED) is 0.657. The average molecular weight is 408 g/mol. The summed E-state index contributed by atoms with van der Waals surface area (Å²) in [6, 6.07) is 3.80. The number of aryl methyl sites for hydroxylation is 1. The van der Waals surface area contributed by atoms with Gasteiger partial charge in [0.2, 0.25) is 0 Å². The summed E-state index contributed by atoms with van der Waals surface area (Å²) in [6.07, 6.45) is -0.0534. The third-order valence-electron chi connectivity index (χ3n) is 2.52. The molecule has 1 aromatic carbocycles. The Morgan fingerprint density at radius 2 is 1.85 bits per heavy atom. The summed E-state index contributed by atoms with van der Waals surface area (Å²) in [4.78, 5) is 12.1. The highest BCUT2D eigenvalue weighted by Gasteiger charge is 2.26. The van der Waals surface area contributed by atoms with E-state index in [2.05, 4.69) is 31.9 Å². The van der Waals surface area contributed by atoms with Crippen molar-refractivity contribution < 1.29 is 14.3 Å². The van der Waals surface area contributed by atoms with Crippen molar-refractivity contribution in [3.05, 3.63) is 26.6 Å². The number of hydrogen-bond acceptors (Lipinski definition) is 3. The van der Waals surface area contributed by atoms with Crippen LogP contribution in [0.1, 0.15) is 39.7 Å². The van der Waals surface area contributed by atoms with Gasteiger partial charge in [0, 0.05) is 4.47 Å². The first-order valence-corrected chi connectivity index (χ1v) is 8.07. The van der Waals surface area contributed by atoms with Crippen LogP contribution in [0.2, 0.25) is 0 Å². The summed E-state index contributed by atoms with van der Waals surface area (Å²) in [5.41, 5.74) is 0.531. The van der Waals surface area contributed by atoms with Gasteiger partial charge in [0.25, 0.3) is 0 Å². The van der Waals surface area contributed by atoms with Gasteiger partial charge in [0.05, 0.1) is 4.47 Å². The smallest absolute Gasteiger partial charge is 0.347 e. The molecule has 0 aliphatic heterocycles. The van der Waals surface area contributed by atoms with Crippen LogP contribution in [0.15, 0.2) is 21.1 Å². The minimum Gasteiger partial charge on any atom is -0.478 e. The molecule has 0 bridgehead atoms. The van der Waals surface area contributed by atoms with Crippen LogP contribution >= 0.6 is 31.9 Å². The fourth-order valence-electron chi connectivity index (χ4n) is 1.54. The summed E-state index contributed by atoms with van der Waals surface area (Å²) in [5, 5.41) is 0. The van der Waals surface area contributed by atoms with Crippen LogP contribution < -0.4 is 4.74 Å². The highest BCUT2D eigenvalue weighted by Crippen LogP contribution is 2.32. The van der Waals surface area contributed by atoms with E-state index in [1.807, 2.05) is 46.8 Å². The molecule has 0 saturated heterocycles. The van der Waals surface area contributed by atoms with E-state index in [9.17, 15) is 4.79 Å². The summed E-state index contributed by atoms with van der Waals surface area (Å²) in [5.74, 6) is 0.302. The maximum absolute atomic E-state index is 12.1. The molecule has 1 atom stereocenters. The van der Waals surface area contributed by atoms with Crippen LogP contribution in [-0.4, -0.2) is 17.7 Å². The fraction of sp³-hybridized carbons (Fsp3) is 0.533. The van der Waals surface area contributed by atoms with E-state index < -0.39 is 11.7 Å². The maximum Gasteiger partial charge on any atom is 0.347 e. The Bertz CT molecular complexity index is 493. The fourth-order valence-corrected chi connectivity index (χ4v) is 2.63. The first-order valence-electron chi connectivity index (χ1n) is 6.49. The molecule has 0 radical (unpaired) electrons. The van der Waals surface area contributed by atoms with E-state index in [0.717, 1.165) is 14.5 Å². The molecule has 0 aliphatic rings. The predicted molar refractivity (Wildman–Crippen MR) is 87.1 cm³/mol. The minimum absolute atomic E-state index is 0.340. The van der Waals surface area contributed by atoms with Crippen LogP contribution in [0.25, 0.3) is 0 Å². The monoisotopic (exact) mass is 406 g/mol. The van der Waals surface area contributed by atoms with Crippen molar-refractivity contribution in [1.82, 2.24) is 0 Å². The molecule has 112 valence electrons. The molecule has 5 heteroatoms. The molecule has 1 aromatic rings. The second-order valence-corrected chi connectivity index (χ2v) is 7.29. The number of hydrogen-bond donors (Lipinski definition) is 0. The van der Waals surface area contributed by atoms with E-state index in [1.54, 1.807) is 0 Å². The SMILES string of the molecule is CCC(Oc1cc(C)c(Br)cc1Br)C(=O)OC(C)(C)C. The maximum atomic E-state index is 12.1. The van der Waals surface area contributed by atoms with Crippen molar-refractivity contribution in [3.63, 3.8) is 0 Å². The van der Waals surface area contributed by atoms with E-state index in [1.165, 1.54) is 0 Å². The van der Waals surface area contributed by atoms with E-state index in [0.29, 0.717) is 12.2 Å². The highest BCUT2D eigenvalue weighted by molar-refractivity contribution is 9.11. The zero-order chi connectivity index (χ0) is 15.5. The molecule has 0 amide bonds. The largest absolute Gasteiger partial charge is 0.478 e. The lowest BCUT2D eigenvalue weighted by Crippen LogP contribution is -2.35. The number of esters is 1. The molecule has 1 unspecified atom stereocenters. The van der Waals surface area contributed by atoms with Crippen LogP contribution in [0.5, 0.6) is 5.75 Å². The molecule has 20 heavy (non-hydrogen) atoms. The molecule has 0 aliphatic carbocycles. The number of carbonyl (C=O) groups is 1. The van der Waals surface area contributed by atoms with Gasteiger partial charge in [0.1, 0.15) is 11.4 Å². The lowest BCUT2D eigenvalue weighted by atomic mass is 10.2. The third-order valence-corrected chi connectivity index (χ3v) is 4.00. The van der Waals surface area contributed by atoms with E-state index >= 15 is 0 Å². The number of benzene rings is 1. The van der Waals surface area contributed by atoms with Crippen molar-refractivity contribution in [2.75, 3.05) is 0 Å². The van der Waals surface area contributed by atoms with Crippen LogP contribution in [0.4, 0.5) is 0 Å².